The molecule has 1 atom stereocenters. The summed E-state index contributed by atoms with van der Waals surface area (Å²) in [4.78, 5) is 21.1. The van der Waals surface area contributed by atoms with Crippen LogP contribution in [0, 0.1) is 25.6 Å². The highest BCUT2D eigenvalue weighted by atomic mass is 16.6. The Morgan fingerprint density at radius 3 is 2.00 bits per heavy atom. The Kier molecular flexibility index (Phi) is 1.86. The molecule has 0 saturated heterocycles. The van der Waals surface area contributed by atoms with Crippen LogP contribution in [0.25, 0.3) is 0 Å². The van der Waals surface area contributed by atoms with Gasteiger partial charge in [0.2, 0.25) is 0 Å². The van der Waals surface area contributed by atoms with Crippen LogP contribution in [0.2, 0.25) is 0 Å². The van der Waals surface area contributed by atoms with E-state index in [9.17, 15) is 20.2 Å². The number of rotatable bonds is 2. The number of nitro benzene ring substituents is 2. The first kappa shape index (κ1) is 8.60. The average Bonchev–Trinajstić information content (AvgIpc) is 2.67. The molecule has 6 heteroatoms. The lowest BCUT2D eigenvalue weighted by Gasteiger charge is -2.44. The molecular weight excluding hydrogens is 284 g/mol. The Balaban J connectivity index is 0.00000480. The van der Waals surface area contributed by atoms with Crippen molar-refractivity contribution in [3.05, 3.63) is 43.5 Å². The van der Waals surface area contributed by atoms with Crippen LogP contribution in [0.1, 0.15) is 72.2 Å². The van der Waals surface area contributed by atoms with Crippen molar-refractivity contribution in [2.75, 3.05) is 0 Å². The van der Waals surface area contributed by atoms with Crippen molar-refractivity contribution in [1.29, 1.82) is 0 Å². The molecule has 6 nitrogen and oxygen atoms in total. The van der Waals surface area contributed by atoms with Gasteiger partial charge in [-0.15, -0.1) is 0 Å². The van der Waals surface area contributed by atoms with Crippen LogP contribution < -0.4 is 0 Å². The second-order valence-electron chi connectivity index (χ2n) is 5.87. The molecular formula is C16H24N2O4. The van der Waals surface area contributed by atoms with Gasteiger partial charge in [0.25, 0.3) is 0 Å². The van der Waals surface area contributed by atoms with Crippen LogP contribution in [0.15, 0.2) is 12.1 Å². The summed E-state index contributed by atoms with van der Waals surface area (Å²) in [5.41, 5.74) is -10.9. The van der Waals surface area contributed by atoms with Gasteiger partial charge in [-0.2, -0.15) is 0 Å². The fraction of sp³-hybridized carbons (Fsp3) is 0.625. The van der Waals surface area contributed by atoms with Crippen molar-refractivity contribution in [3.8, 4) is 0 Å². The molecule has 0 heterocycles. The van der Waals surface area contributed by atoms with Crippen LogP contribution in [0.4, 0.5) is 11.4 Å². The summed E-state index contributed by atoms with van der Waals surface area (Å²) < 4.78 is 73.0. The van der Waals surface area contributed by atoms with Crippen molar-refractivity contribution >= 4 is 11.4 Å². The Hall–Kier alpha value is -1.98. The lowest BCUT2D eigenvalue weighted by molar-refractivity contribution is -0.423. The van der Waals surface area contributed by atoms with Gasteiger partial charge in [-0.3, -0.25) is 20.2 Å². The molecule has 22 heavy (non-hydrogen) atoms. The number of nitro groups is 2. The third-order valence-electron chi connectivity index (χ3n) is 4.56. The number of hydrogen-bond donors (Lipinski definition) is 0. The third-order valence-corrected chi connectivity index (χ3v) is 4.56. The molecule has 0 saturated carbocycles. The lowest BCUT2D eigenvalue weighted by Crippen LogP contribution is -2.42. The molecule has 0 spiro atoms. The fourth-order valence-electron chi connectivity index (χ4n) is 2.85. The number of nitrogens with zero attached hydrogens (tertiary/aromatic N) is 2. The Morgan fingerprint density at radius 2 is 1.59 bits per heavy atom. The Bertz CT molecular complexity index is 921. The molecule has 0 aliphatic heterocycles. The van der Waals surface area contributed by atoms with Crippen molar-refractivity contribution in [2.24, 2.45) is 5.41 Å². The molecule has 2 rings (SSSR count). The van der Waals surface area contributed by atoms with Crippen molar-refractivity contribution in [2.45, 2.75) is 59.6 Å². The molecule has 0 radical (unpaired) electrons. The molecule has 1 aliphatic rings. The molecule has 0 aromatic heterocycles. The maximum Gasteiger partial charge on any atom is 0.350 e. The predicted molar refractivity (Wildman–Crippen MR) is 86.3 cm³/mol. The van der Waals surface area contributed by atoms with E-state index in [-0.39, 0.29) is 7.43 Å². The second-order valence-corrected chi connectivity index (χ2v) is 5.87. The zero-order valence-electron chi connectivity index (χ0n) is 20.7. The van der Waals surface area contributed by atoms with Gasteiger partial charge in [0.05, 0.1) is 9.85 Å². The molecule has 1 aromatic rings. The highest BCUT2D eigenvalue weighted by Crippen LogP contribution is 2.64. The van der Waals surface area contributed by atoms with E-state index < -0.39 is 69.1 Å². The van der Waals surface area contributed by atoms with Gasteiger partial charge in [0.1, 0.15) is 0 Å². The number of hydrogen-bond acceptors (Lipinski definition) is 4. The smallest absolute Gasteiger partial charge is 0.258 e. The quantitative estimate of drug-likeness (QED) is 0.582. The minimum absolute atomic E-state index is 0. The van der Waals surface area contributed by atoms with E-state index in [1.165, 1.54) is 13.8 Å². The Labute approximate surface area is 143 Å². The standard InChI is InChI=1S/C15H20N2O4.CH4/c1-13(2)9-7-8-10(16(18)19)12(17(20)21)11(9)14(3,4)15(13,5)6;/h7-8H,1-6H3;1H4/i1D3,2D3,5D3;. The predicted octanol–water partition coefficient (Wildman–Crippen LogP) is 4.73. The first-order chi connectivity index (χ1) is 13.1. The summed E-state index contributed by atoms with van der Waals surface area (Å²) in [5, 5.41) is 23.2. The summed E-state index contributed by atoms with van der Waals surface area (Å²) in [6.45, 7) is -6.82. The summed E-state index contributed by atoms with van der Waals surface area (Å²) in [5.74, 6) is 0. The summed E-state index contributed by atoms with van der Waals surface area (Å²) in [6, 6.07) is 1.49. The lowest BCUT2D eigenvalue weighted by atomic mass is 9.59. The molecule has 122 valence electrons. The highest BCUT2D eigenvalue weighted by molar-refractivity contribution is 5.67. The fourth-order valence-corrected chi connectivity index (χ4v) is 2.85. The SMILES string of the molecule is C.[2H]C([2H])([2H])C1(C)C(C)(C)c2c(ccc([N+](=O)[O-])c2[N+](=O)[O-])C1(C([2H])([2H])[2H])C([2H])([2H])[2H]. The maximum atomic E-state index is 11.8. The van der Waals surface area contributed by atoms with E-state index in [1.54, 1.807) is 0 Å². The summed E-state index contributed by atoms with van der Waals surface area (Å²) in [7, 11) is 0. The molecule has 1 unspecified atom stereocenters. The first-order valence-electron chi connectivity index (χ1n) is 10.6. The van der Waals surface area contributed by atoms with Gasteiger partial charge in [0, 0.05) is 29.4 Å². The van der Waals surface area contributed by atoms with Gasteiger partial charge in [-0.05, 0) is 16.4 Å². The number of fused-ring (bicyclic) bond motifs is 1. The van der Waals surface area contributed by atoms with Gasteiger partial charge in [-0.25, -0.2) is 0 Å². The summed E-state index contributed by atoms with van der Waals surface area (Å²) >= 11 is 0. The summed E-state index contributed by atoms with van der Waals surface area (Å²) in [6.07, 6.45) is 0. The van der Waals surface area contributed by atoms with E-state index in [1.807, 2.05) is 0 Å². The van der Waals surface area contributed by atoms with Crippen molar-refractivity contribution in [1.82, 2.24) is 0 Å². The van der Waals surface area contributed by atoms with Crippen molar-refractivity contribution < 1.29 is 22.2 Å². The van der Waals surface area contributed by atoms with E-state index in [0.29, 0.717) is 6.07 Å². The van der Waals surface area contributed by atoms with Crippen LogP contribution in [-0.4, -0.2) is 9.85 Å². The van der Waals surface area contributed by atoms with Crippen LogP contribution in [0.3, 0.4) is 0 Å². The van der Waals surface area contributed by atoms with E-state index in [2.05, 4.69) is 0 Å². The maximum absolute atomic E-state index is 11.8. The average molecular weight is 317 g/mol. The number of benzene rings is 1. The van der Waals surface area contributed by atoms with Crippen LogP contribution >= 0.6 is 0 Å². The van der Waals surface area contributed by atoms with Gasteiger partial charge >= 0.3 is 11.4 Å². The molecule has 0 bridgehead atoms. The van der Waals surface area contributed by atoms with Gasteiger partial charge in [-0.1, -0.05) is 54.8 Å². The van der Waals surface area contributed by atoms with Crippen LogP contribution in [0.5, 0.6) is 0 Å². The van der Waals surface area contributed by atoms with Gasteiger partial charge in [0.15, 0.2) is 0 Å². The van der Waals surface area contributed by atoms with Gasteiger partial charge < -0.3 is 0 Å². The van der Waals surface area contributed by atoms with Crippen LogP contribution in [-0.2, 0) is 10.8 Å². The first-order valence-corrected chi connectivity index (χ1v) is 6.09. The zero-order valence-corrected chi connectivity index (χ0v) is 11.7. The largest absolute Gasteiger partial charge is 0.350 e. The Morgan fingerprint density at radius 1 is 1.00 bits per heavy atom. The van der Waals surface area contributed by atoms with E-state index in [0.717, 1.165) is 13.0 Å². The zero-order chi connectivity index (χ0) is 23.9. The second kappa shape index (κ2) is 4.76. The highest BCUT2D eigenvalue weighted by Gasteiger charge is 2.60. The molecule has 0 fully saturated rings. The molecule has 1 aliphatic carbocycles. The third kappa shape index (κ3) is 1.86. The monoisotopic (exact) mass is 317 g/mol. The topological polar surface area (TPSA) is 86.3 Å². The molecule has 1 aromatic carbocycles. The molecule has 0 N–H and O–H groups in total. The van der Waals surface area contributed by atoms with E-state index >= 15 is 0 Å². The molecule has 0 amide bonds. The normalized spacial score (nSPS) is 32.0. The minimum Gasteiger partial charge on any atom is -0.258 e. The van der Waals surface area contributed by atoms with E-state index in [4.69, 9.17) is 12.3 Å². The van der Waals surface area contributed by atoms with Crippen molar-refractivity contribution in [3.63, 3.8) is 0 Å². The minimum atomic E-state index is -3.45.